The van der Waals surface area contributed by atoms with Crippen molar-refractivity contribution in [3.8, 4) is 5.69 Å². The Hall–Kier alpha value is -3.59. The van der Waals surface area contributed by atoms with E-state index in [1.165, 1.54) is 11.3 Å². The Morgan fingerprint density at radius 2 is 1.77 bits per heavy atom. The van der Waals surface area contributed by atoms with Gasteiger partial charge in [-0.05, 0) is 37.4 Å². The fourth-order valence-electron chi connectivity index (χ4n) is 4.42. The maximum absolute atomic E-state index is 13.2. The van der Waals surface area contributed by atoms with Crippen LogP contribution in [-0.4, -0.2) is 51.2 Å². The molecular weight excluding hydrogens is 464 g/mol. The van der Waals surface area contributed by atoms with Crippen molar-refractivity contribution in [2.75, 3.05) is 13.1 Å². The van der Waals surface area contributed by atoms with Gasteiger partial charge in [-0.1, -0.05) is 24.3 Å². The van der Waals surface area contributed by atoms with E-state index in [4.69, 9.17) is 0 Å². The van der Waals surface area contributed by atoms with E-state index in [0.717, 1.165) is 11.4 Å². The molecule has 1 aliphatic rings. The monoisotopic (exact) mass is 492 g/mol. The number of piperazine rings is 1. The van der Waals surface area contributed by atoms with Gasteiger partial charge in [-0.15, -0.1) is 11.3 Å². The summed E-state index contributed by atoms with van der Waals surface area (Å²) in [5.74, 6) is -0.704. The summed E-state index contributed by atoms with van der Waals surface area (Å²) in [6, 6.07) is 12.4. The first-order chi connectivity index (χ1) is 16.9. The zero-order valence-electron chi connectivity index (χ0n) is 19.8. The second-order valence-electron chi connectivity index (χ2n) is 8.55. The van der Waals surface area contributed by atoms with E-state index in [9.17, 15) is 19.2 Å². The number of carbonyl (C=O) groups excluding carboxylic acids is 4. The van der Waals surface area contributed by atoms with Crippen LogP contribution in [0.1, 0.15) is 58.3 Å². The van der Waals surface area contributed by atoms with Gasteiger partial charge in [-0.2, -0.15) is 5.10 Å². The van der Waals surface area contributed by atoms with E-state index in [1.807, 2.05) is 49.6 Å². The van der Waals surface area contributed by atoms with Crippen LogP contribution in [0.25, 0.3) is 5.69 Å². The molecule has 1 aromatic carbocycles. The maximum Gasteiger partial charge on any atom is 0.247 e. The van der Waals surface area contributed by atoms with Crippen molar-refractivity contribution in [1.82, 2.24) is 20.0 Å². The molecule has 1 fully saturated rings. The number of nitrogens with one attached hydrogen (secondary N) is 1. The average Bonchev–Trinajstić information content (AvgIpc) is 3.50. The van der Waals surface area contributed by atoms with Crippen molar-refractivity contribution in [2.45, 2.75) is 45.6 Å². The molecule has 8 nitrogen and oxygen atoms in total. The lowest BCUT2D eigenvalue weighted by Gasteiger charge is -2.35. The number of hydrogen-bond donors (Lipinski definition) is 1. The van der Waals surface area contributed by atoms with E-state index in [1.54, 1.807) is 21.7 Å². The number of carbonyl (C=O) groups is 4. The van der Waals surface area contributed by atoms with Gasteiger partial charge in [0.05, 0.1) is 16.3 Å². The van der Waals surface area contributed by atoms with Gasteiger partial charge in [-0.25, -0.2) is 4.68 Å². The summed E-state index contributed by atoms with van der Waals surface area (Å²) < 4.78 is 1.78. The Kier molecular flexibility index (Phi) is 7.55. The molecule has 4 rings (SSSR count). The van der Waals surface area contributed by atoms with Gasteiger partial charge in [0.25, 0.3) is 0 Å². The number of aryl methyl sites for hydroxylation is 1. The number of amides is 2. The number of thiophene rings is 1. The van der Waals surface area contributed by atoms with Gasteiger partial charge < -0.3 is 10.2 Å². The summed E-state index contributed by atoms with van der Waals surface area (Å²) in [6.07, 6.45) is 0.290. The highest BCUT2D eigenvalue weighted by Gasteiger charge is 2.37. The minimum absolute atomic E-state index is 0.000718. The number of ketones is 2. The second-order valence-corrected chi connectivity index (χ2v) is 9.50. The molecule has 1 saturated heterocycles. The molecule has 3 heterocycles. The zero-order valence-corrected chi connectivity index (χ0v) is 20.6. The van der Waals surface area contributed by atoms with Gasteiger partial charge >= 0.3 is 0 Å². The minimum Gasteiger partial charge on any atom is -0.352 e. The molecule has 2 amide bonds. The molecule has 0 saturated carbocycles. The quantitative estimate of drug-likeness (QED) is 0.460. The van der Waals surface area contributed by atoms with Crippen LogP contribution in [0.3, 0.4) is 0 Å². The van der Waals surface area contributed by atoms with Crippen molar-refractivity contribution < 1.29 is 19.2 Å². The molecule has 9 heteroatoms. The number of nitrogens with zero attached hydrogens (tertiary/aromatic N) is 3. The Morgan fingerprint density at radius 1 is 1.03 bits per heavy atom. The highest BCUT2D eigenvalue weighted by molar-refractivity contribution is 7.12. The molecule has 3 aromatic rings. The first-order valence-electron chi connectivity index (χ1n) is 11.6. The SMILES string of the molecule is Cc1nn(-c2ccccc2)c(C)c1[C@H]1C(=O)NCCN1C(=O)CCC(=O)CCC(=O)c1cccs1. The Balaban J connectivity index is 1.45. The predicted octanol–water partition coefficient (Wildman–Crippen LogP) is 3.56. The molecule has 1 aliphatic heterocycles. The second kappa shape index (κ2) is 10.8. The number of rotatable bonds is 9. The standard InChI is InChI=1S/C26H28N4O4S/c1-17-24(18(2)30(28-17)19-7-4-3-5-8-19)25-26(34)27-14-15-29(25)23(33)13-11-20(31)10-12-21(32)22-9-6-16-35-22/h3-9,16,25H,10-15H2,1-2H3,(H,27,34)/t25-/m0/s1. The summed E-state index contributed by atoms with van der Waals surface area (Å²) in [6.45, 7) is 4.44. The van der Waals surface area contributed by atoms with Crippen molar-refractivity contribution >= 4 is 34.7 Å². The van der Waals surface area contributed by atoms with Crippen LogP contribution in [0.5, 0.6) is 0 Å². The molecule has 0 aliphatic carbocycles. The molecular formula is C26H28N4O4S. The number of aromatic nitrogens is 2. The lowest BCUT2D eigenvalue weighted by Crippen LogP contribution is -2.52. The number of para-hydroxylation sites is 1. The Bertz CT molecular complexity index is 1230. The van der Waals surface area contributed by atoms with Crippen LogP contribution in [0.2, 0.25) is 0 Å². The molecule has 1 N–H and O–H groups in total. The third kappa shape index (κ3) is 5.40. The summed E-state index contributed by atoms with van der Waals surface area (Å²) in [4.78, 5) is 52.8. The minimum atomic E-state index is -0.802. The summed E-state index contributed by atoms with van der Waals surface area (Å²) >= 11 is 1.35. The largest absolute Gasteiger partial charge is 0.352 e. The van der Waals surface area contributed by atoms with Gasteiger partial charge in [0.2, 0.25) is 11.8 Å². The number of hydrogen-bond acceptors (Lipinski definition) is 6. The third-order valence-corrected chi connectivity index (χ3v) is 7.11. The first-order valence-corrected chi connectivity index (χ1v) is 12.5. The summed E-state index contributed by atoms with van der Waals surface area (Å²) in [7, 11) is 0. The van der Waals surface area contributed by atoms with E-state index in [0.29, 0.717) is 29.2 Å². The van der Waals surface area contributed by atoms with E-state index in [2.05, 4.69) is 10.4 Å². The summed E-state index contributed by atoms with van der Waals surface area (Å²) in [5, 5.41) is 9.32. The van der Waals surface area contributed by atoms with E-state index in [-0.39, 0.29) is 49.1 Å². The molecule has 0 bridgehead atoms. The fraction of sp³-hybridized carbons (Fsp3) is 0.346. The highest BCUT2D eigenvalue weighted by Crippen LogP contribution is 2.31. The number of Topliss-reactive ketones (excluding diaryl/α,β-unsaturated/α-hetero) is 2. The normalized spacial score (nSPS) is 15.7. The van der Waals surface area contributed by atoms with Crippen LogP contribution in [-0.2, 0) is 14.4 Å². The van der Waals surface area contributed by atoms with Crippen LogP contribution >= 0.6 is 11.3 Å². The highest BCUT2D eigenvalue weighted by atomic mass is 32.1. The topological polar surface area (TPSA) is 101 Å². The van der Waals surface area contributed by atoms with Gasteiger partial charge in [0.1, 0.15) is 11.8 Å². The van der Waals surface area contributed by atoms with Crippen molar-refractivity contribution in [2.24, 2.45) is 0 Å². The number of benzene rings is 1. The fourth-order valence-corrected chi connectivity index (χ4v) is 5.12. The van der Waals surface area contributed by atoms with Gasteiger partial charge in [-0.3, -0.25) is 19.2 Å². The van der Waals surface area contributed by atoms with Crippen LogP contribution < -0.4 is 5.32 Å². The molecule has 2 aromatic heterocycles. The van der Waals surface area contributed by atoms with Crippen molar-refractivity contribution in [3.05, 3.63) is 69.7 Å². The smallest absolute Gasteiger partial charge is 0.247 e. The molecule has 0 radical (unpaired) electrons. The Labute approximate surface area is 207 Å². The van der Waals surface area contributed by atoms with Crippen LogP contribution in [0, 0.1) is 13.8 Å². The lowest BCUT2D eigenvalue weighted by molar-refractivity contribution is -0.144. The Morgan fingerprint density at radius 3 is 2.49 bits per heavy atom. The molecule has 35 heavy (non-hydrogen) atoms. The van der Waals surface area contributed by atoms with E-state index >= 15 is 0 Å². The van der Waals surface area contributed by atoms with Crippen molar-refractivity contribution in [1.29, 1.82) is 0 Å². The maximum atomic E-state index is 13.2. The van der Waals surface area contributed by atoms with Crippen molar-refractivity contribution in [3.63, 3.8) is 0 Å². The van der Waals surface area contributed by atoms with Gasteiger partial charge in [0, 0.05) is 50.0 Å². The third-order valence-electron chi connectivity index (χ3n) is 6.20. The molecule has 0 unspecified atom stereocenters. The molecule has 1 atom stereocenters. The molecule has 182 valence electrons. The predicted molar refractivity (Wildman–Crippen MR) is 133 cm³/mol. The first kappa shape index (κ1) is 24.5. The van der Waals surface area contributed by atoms with Gasteiger partial charge in [0.15, 0.2) is 5.78 Å². The van der Waals surface area contributed by atoms with Crippen LogP contribution in [0.4, 0.5) is 0 Å². The zero-order chi connectivity index (χ0) is 24.9. The average molecular weight is 493 g/mol. The molecule has 0 spiro atoms. The lowest BCUT2D eigenvalue weighted by atomic mass is 9.99. The van der Waals surface area contributed by atoms with Crippen LogP contribution in [0.15, 0.2) is 47.8 Å². The van der Waals surface area contributed by atoms with E-state index < -0.39 is 6.04 Å². The summed E-state index contributed by atoms with van der Waals surface area (Å²) in [5.41, 5.74) is 3.04.